The van der Waals surface area contributed by atoms with Crippen molar-refractivity contribution < 1.29 is 4.79 Å². The quantitative estimate of drug-likeness (QED) is 0.943. The topological polar surface area (TPSA) is 32.3 Å². The maximum Gasteiger partial charge on any atom is 0.243 e. The molecule has 2 heterocycles. The van der Waals surface area contributed by atoms with Crippen molar-refractivity contribution in [2.45, 2.75) is 38.4 Å². The van der Waals surface area contributed by atoms with Crippen LogP contribution in [0.25, 0.3) is 0 Å². The molecule has 0 aromatic heterocycles. The van der Waals surface area contributed by atoms with E-state index in [1.165, 1.54) is 22.3 Å². The molecule has 2 unspecified atom stereocenters. The number of aryl methyl sites for hydroxylation is 1. The van der Waals surface area contributed by atoms with Gasteiger partial charge in [0.05, 0.1) is 0 Å². The number of hydrogen-bond donors (Lipinski definition) is 1. The van der Waals surface area contributed by atoms with Crippen LogP contribution in [0.15, 0.2) is 48.5 Å². The van der Waals surface area contributed by atoms with Crippen LogP contribution < -0.4 is 5.32 Å². The molecule has 2 aromatic carbocycles. The zero-order valence-corrected chi connectivity index (χ0v) is 13.5. The zero-order chi connectivity index (χ0) is 15.8. The minimum absolute atomic E-state index is 0.00216. The Kier molecular flexibility index (Phi) is 3.66. The Bertz CT molecular complexity index is 740. The molecule has 1 N–H and O–H groups in total. The Morgan fingerprint density at radius 3 is 2.91 bits per heavy atom. The largest absolute Gasteiger partial charge is 0.335 e. The summed E-state index contributed by atoms with van der Waals surface area (Å²) in [5.74, 6) is 0.128. The number of carbonyl (C=O) groups excluding carboxylic acids is 1. The van der Waals surface area contributed by atoms with Crippen molar-refractivity contribution in [1.82, 2.24) is 10.2 Å². The average molecular weight is 306 g/mol. The molecule has 1 amide bonds. The van der Waals surface area contributed by atoms with Crippen LogP contribution in [0.3, 0.4) is 0 Å². The minimum atomic E-state index is -0.139. The maximum atomic E-state index is 12.6. The third-order valence-corrected chi connectivity index (χ3v) is 4.99. The maximum absolute atomic E-state index is 12.6. The molecule has 1 fully saturated rings. The molecule has 0 spiro atoms. The summed E-state index contributed by atoms with van der Waals surface area (Å²) in [6.45, 7) is 3.12. The summed E-state index contributed by atoms with van der Waals surface area (Å²) in [5, 5.41) is 3.21. The van der Waals surface area contributed by atoms with Crippen LogP contribution in [0.4, 0.5) is 0 Å². The highest BCUT2D eigenvalue weighted by atomic mass is 16.2. The lowest BCUT2D eigenvalue weighted by molar-refractivity contribution is -0.121. The van der Waals surface area contributed by atoms with E-state index in [9.17, 15) is 4.79 Å². The number of fused-ring (bicyclic) bond motifs is 3. The van der Waals surface area contributed by atoms with E-state index in [4.69, 9.17) is 0 Å². The fourth-order valence-corrected chi connectivity index (χ4v) is 3.93. The second kappa shape index (κ2) is 5.82. The van der Waals surface area contributed by atoms with Crippen LogP contribution in [0, 0.1) is 0 Å². The third kappa shape index (κ3) is 2.45. The Morgan fingerprint density at radius 2 is 2.04 bits per heavy atom. The smallest absolute Gasteiger partial charge is 0.243 e. The van der Waals surface area contributed by atoms with E-state index in [0.717, 1.165) is 25.8 Å². The number of benzene rings is 2. The molecule has 118 valence electrons. The van der Waals surface area contributed by atoms with Crippen LogP contribution >= 0.6 is 0 Å². The van der Waals surface area contributed by atoms with Crippen LogP contribution in [0.5, 0.6) is 0 Å². The van der Waals surface area contributed by atoms with Crippen molar-refractivity contribution in [3.8, 4) is 0 Å². The highest BCUT2D eigenvalue weighted by Crippen LogP contribution is 2.39. The molecule has 2 atom stereocenters. The van der Waals surface area contributed by atoms with Gasteiger partial charge in [0.25, 0.3) is 0 Å². The van der Waals surface area contributed by atoms with Crippen LogP contribution in [-0.4, -0.2) is 17.4 Å². The molecule has 2 aliphatic rings. The monoisotopic (exact) mass is 306 g/mol. The first-order chi connectivity index (χ1) is 11.3. The number of carbonyl (C=O) groups is 1. The Labute approximate surface area is 137 Å². The molecule has 3 heteroatoms. The van der Waals surface area contributed by atoms with E-state index >= 15 is 0 Å². The van der Waals surface area contributed by atoms with Gasteiger partial charge in [0, 0.05) is 6.54 Å². The lowest BCUT2D eigenvalue weighted by Gasteiger charge is -2.33. The summed E-state index contributed by atoms with van der Waals surface area (Å²) >= 11 is 0. The minimum Gasteiger partial charge on any atom is -0.335 e. The van der Waals surface area contributed by atoms with Gasteiger partial charge in [-0.1, -0.05) is 61.9 Å². The van der Waals surface area contributed by atoms with E-state index in [1.807, 2.05) is 6.07 Å². The first-order valence-electron chi connectivity index (χ1n) is 8.50. The van der Waals surface area contributed by atoms with Crippen molar-refractivity contribution in [2.24, 2.45) is 0 Å². The highest BCUT2D eigenvalue weighted by molar-refractivity contribution is 5.86. The van der Waals surface area contributed by atoms with E-state index in [1.54, 1.807) is 0 Å². The number of rotatable bonds is 3. The molecule has 1 saturated heterocycles. The normalized spacial score (nSPS) is 23.3. The number of hydrogen-bond acceptors (Lipinski definition) is 2. The fraction of sp³-hybridized carbons (Fsp3) is 0.350. The Hall–Kier alpha value is -2.13. The molecule has 0 aliphatic carbocycles. The van der Waals surface area contributed by atoms with Gasteiger partial charge in [0.1, 0.15) is 12.2 Å². The van der Waals surface area contributed by atoms with Gasteiger partial charge in [-0.25, -0.2) is 0 Å². The second-order valence-electron chi connectivity index (χ2n) is 6.50. The standard InChI is InChI=1S/C20H22N2O/c1-2-6-14-7-5-9-16(13-14)19-21-20(23)18-17-10-4-3-8-15(17)11-12-22(18)19/h3-5,7-10,13,18-19H,2,6,11-12H2,1H3,(H,21,23). The zero-order valence-electron chi connectivity index (χ0n) is 13.5. The summed E-state index contributed by atoms with van der Waals surface area (Å²) in [6.07, 6.45) is 3.23. The molecule has 0 radical (unpaired) electrons. The molecular weight excluding hydrogens is 284 g/mol. The van der Waals surface area contributed by atoms with Gasteiger partial charge >= 0.3 is 0 Å². The predicted molar refractivity (Wildman–Crippen MR) is 90.9 cm³/mol. The van der Waals surface area contributed by atoms with E-state index < -0.39 is 0 Å². The van der Waals surface area contributed by atoms with Gasteiger partial charge in [-0.2, -0.15) is 0 Å². The van der Waals surface area contributed by atoms with Crippen molar-refractivity contribution >= 4 is 5.91 Å². The Balaban J connectivity index is 1.69. The number of nitrogens with zero attached hydrogens (tertiary/aromatic N) is 1. The summed E-state index contributed by atoms with van der Waals surface area (Å²) in [5.41, 5.74) is 5.03. The van der Waals surface area contributed by atoms with Crippen molar-refractivity contribution in [1.29, 1.82) is 0 Å². The lowest BCUT2D eigenvalue weighted by Crippen LogP contribution is -2.35. The molecule has 2 aromatic rings. The predicted octanol–water partition coefficient (Wildman–Crippen LogP) is 3.37. The van der Waals surface area contributed by atoms with Crippen molar-refractivity contribution in [2.75, 3.05) is 6.54 Å². The SMILES string of the molecule is CCCc1cccc(C2NC(=O)C3c4ccccc4CCN23)c1. The van der Waals surface area contributed by atoms with Gasteiger partial charge in [-0.05, 0) is 35.1 Å². The first-order valence-corrected chi connectivity index (χ1v) is 8.50. The van der Waals surface area contributed by atoms with Crippen molar-refractivity contribution in [3.63, 3.8) is 0 Å². The fourth-order valence-electron chi connectivity index (χ4n) is 3.93. The van der Waals surface area contributed by atoms with Gasteiger partial charge < -0.3 is 5.32 Å². The van der Waals surface area contributed by atoms with Gasteiger partial charge in [-0.3, -0.25) is 9.69 Å². The van der Waals surface area contributed by atoms with Crippen LogP contribution in [-0.2, 0) is 17.6 Å². The van der Waals surface area contributed by atoms with Crippen LogP contribution in [0.1, 0.15) is 47.8 Å². The lowest BCUT2D eigenvalue weighted by atomic mass is 9.93. The first kappa shape index (κ1) is 14.5. The highest BCUT2D eigenvalue weighted by Gasteiger charge is 2.43. The number of amides is 1. The van der Waals surface area contributed by atoms with E-state index in [2.05, 4.69) is 59.6 Å². The molecular formula is C20H22N2O. The molecule has 3 nitrogen and oxygen atoms in total. The summed E-state index contributed by atoms with van der Waals surface area (Å²) < 4.78 is 0. The van der Waals surface area contributed by atoms with Gasteiger partial charge in [-0.15, -0.1) is 0 Å². The molecule has 2 aliphatic heterocycles. The van der Waals surface area contributed by atoms with Gasteiger partial charge in [0.2, 0.25) is 5.91 Å². The average Bonchev–Trinajstić information content (AvgIpc) is 2.93. The summed E-state index contributed by atoms with van der Waals surface area (Å²) in [7, 11) is 0. The van der Waals surface area contributed by atoms with E-state index in [0.29, 0.717) is 0 Å². The molecule has 23 heavy (non-hydrogen) atoms. The van der Waals surface area contributed by atoms with Crippen molar-refractivity contribution in [3.05, 3.63) is 70.8 Å². The molecule has 0 bridgehead atoms. The second-order valence-corrected chi connectivity index (χ2v) is 6.50. The van der Waals surface area contributed by atoms with Gasteiger partial charge in [0.15, 0.2) is 0 Å². The summed E-state index contributed by atoms with van der Waals surface area (Å²) in [4.78, 5) is 14.9. The molecule has 4 rings (SSSR count). The Morgan fingerprint density at radius 1 is 1.17 bits per heavy atom. The number of nitrogens with one attached hydrogen (secondary N) is 1. The third-order valence-electron chi connectivity index (χ3n) is 4.99. The van der Waals surface area contributed by atoms with Crippen LogP contribution in [0.2, 0.25) is 0 Å². The molecule has 0 saturated carbocycles. The van der Waals surface area contributed by atoms with E-state index in [-0.39, 0.29) is 18.1 Å². The summed E-state index contributed by atoms with van der Waals surface area (Å²) in [6, 6.07) is 16.9.